The molecular formula is C23H13Cl3Na2O6. The molecule has 1 N–H and O–H groups in total. The summed E-state index contributed by atoms with van der Waals surface area (Å²) in [5.74, 6) is -4.48. The molecular weight excluding hydrogens is 525 g/mol. The van der Waals surface area contributed by atoms with E-state index in [-0.39, 0.29) is 108 Å². The normalized spacial score (nSPS) is 14.3. The minimum atomic E-state index is -1.67. The number of allylic oxidation sites excluding steroid dienone is 4. The number of carbonyl (C=O) groups is 3. The SMILES string of the molecule is CC1=CC(=C(c2cc(C)c([O-])c(C(=O)[O-])c2)c2ccc(Cl)c(Cl)c2Cl)C=C(C(=O)O)C1=O.[Na+].[Na+]. The van der Waals surface area contributed by atoms with Gasteiger partial charge < -0.3 is 20.1 Å². The summed E-state index contributed by atoms with van der Waals surface area (Å²) in [4.78, 5) is 35.4. The van der Waals surface area contributed by atoms with Gasteiger partial charge in [-0.25, -0.2) is 4.79 Å². The fourth-order valence-electron chi connectivity index (χ4n) is 3.34. The van der Waals surface area contributed by atoms with Crippen molar-refractivity contribution in [3.05, 3.63) is 90.5 Å². The van der Waals surface area contributed by atoms with Crippen molar-refractivity contribution in [2.24, 2.45) is 0 Å². The Morgan fingerprint density at radius 3 is 2.12 bits per heavy atom. The number of aliphatic carboxylic acids is 1. The molecule has 0 spiro atoms. The number of aromatic carboxylic acids is 1. The smallest absolute Gasteiger partial charge is 0.872 e. The fraction of sp³-hybridized carbons (Fsp3) is 0.0870. The van der Waals surface area contributed by atoms with Crippen LogP contribution in [0.1, 0.15) is 34.0 Å². The summed E-state index contributed by atoms with van der Waals surface area (Å²) in [6.45, 7) is 2.88. The van der Waals surface area contributed by atoms with Crippen molar-refractivity contribution in [3.63, 3.8) is 0 Å². The van der Waals surface area contributed by atoms with Crippen LogP contribution in [0.25, 0.3) is 5.57 Å². The number of ketones is 1. The number of benzene rings is 2. The number of hydrogen-bond acceptors (Lipinski definition) is 5. The van der Waals surface area contributed by atoms with Crippen molar-refractivity contribution in [2.75, 3.05) is 0 Å². The third kappa shape index (κ3) is 6.01. The average Bonchev–Trinajstić information content (AvgIpc) is 2.72. The number of rotatable bonds is 4. The van der Waals surface area contributed by atoms with Crippen molar-refractivity contribution in [1.82, 2.24) is 0 Å². The van der Waals surface area contributed by atoms with Gasteiger partial charge in [-0.2, -0.15) is 0 Å². The van der Waals surface area contributed by atoms with Crippen LogP contribution in [0, 0.1) is 6.92 Å². The van der Waals surface area contributed by atoms with Crippen LogP contribution >= 0.6 is 34.8 Å². The molecule has 2 aromatic rings. The van der Waals surface area contributed by atoms with Gasteiger partial charge >= 0.3 is 65.1 Å². The second kappa shape index (κ2) is 12.3. The summed E-state index contributed by atoms with van der Waals surface area (Å²) in [6.07, 6.45) is 2.60. The molecule has 0 heterocycles. The number of hydrogen-bond donors (Lipinski definition) is 1. The van der Waals surface area contributed by atoms with E-state index in [2.05, 4.69) is 0 Å². The maximum atomic E-state index is 12.3. The Bertz CT molecular complexity index is 1310. The van der Waals surface area contributed by atoms with Crippen LogP contribution in [0.2, 0.25) is 15.1 Å². The molecule has 0 amide bonds. The van der Waals surface area contributed by atoms with Gasteiger partial charge in [0.1, 0.15) is 5.57 Å². The van der Waals surface area contributed by atoms with Gasteiger partial charge in [0.15, 0.2) is 5.78 Å². The van der Waals surface area contributed by atoms with Gasteiger partial charge in [-0.15, -0.1) is 0 Å². The van der Waals surface area contributed by atoms with Gasteiger partial charge in [-0.05, 0) is 66.0 Å². The summed E-state index contributed by atoms with van der Waals surface area (Å²) in [5, 5.41) is 33.5. The molecule has 6 nitrogen and oxygen atoms in total. The van der Waals surface area contributed by atoms with Crippen molar-refractivity contribution in [2.45, 2.75) is 13.8 Å². The Kier molecular flexibility index (Phi) is 11.2. The molecule has 164 valence electrons. The molecule has 1 aliphatic rings. The fourth-order valence-corrected chi connectivity index (χ4v) is 3.97. The predicted molar refractivity (Wildman–Crippen MR) is 117 cm³/mol. The minimum absolute atomic E-state index is 0. The molecule has 3 rings (SSSR count). The van der Waals surface area contributed by atoms with Crippen molar-refractivity contribution in [1.29, 1.82) is 0 Å². The zero-order valence-electron chi connectivity index (χ0n) is 18.6. The number of carboxylic acid groups (broad SMARTS) is 2. The molecule has 0 radical (unpaired) electrons. The van der Waals surface area contributed by atoms with Crippen LogP contribution in [0.5, 0.6) is 5.75 Å². The van der Waals surface area contributed by atoms with E-state index < -0.39 is 34.6 Å². The van der Waals surface area contributed by atoms with Crippen LogP contribution < -0.4 is 69.3 Å². The minimum Gasteiger partial charge on any atom is -0.872 e. The zero-order chi connectivity index (χ0) is 23.9. The molecule has 0 saturated carbocycles. The molecule has 34 heavy (non-hydrogen) atoms. The molecule has 11 heteroatoms. The Balaban J connectivity index is 0.00000289. The van der Waals surface area contributed by atoms with Gasteiger partial charge in [-0.1, -0.05) is 58.2 Å². The number of Topliss-reactive ketones (excluding diaryl/α,β-unsaturated/α-hetero) is 1. The predicted octanol–water partition coefficient (Wildman–Crippen LogP) is -2.26. The van der Waals surface area contributed by atoms with Crippen LogP contribution in [-0.2, 0) is 9.59 Å². The van der Waals surface area contributed by atoms with Crippen LogP contribution in [0.4, 0.5) is 0 Å². The first-order valence-electron chi connectivity index (χ1n) is 9.03. The van der Waals surface area contributed by atoms with Gasteiger partial charge in [0.05, 0.1) is 21.0 Å². The standard InChI is InChI=1S/C23H15Cl3O6.2Na/c1-9-5-11(7-14(20(9)27)22(29)30)17(13-3-4-16(24)19(26)18(13)25)12-6-10(2)21(28)15(8-12)23(31)32;;/h3-8,27H,1-2H3,(H,29,30)(H,31,32);;/q;2*+1/p-2. The number of carbonyl (C=O) groups excluding carboxylic acids is 2. The largest absolute Gasteiger partial charge is 1.00 e. The molecule has 2 aromatic carbocycles. The number of carboxylic acids is 2. The first-order valence-corrected chi connectivity index (χ1v) is 10.2. The van der Waals surface area contributed by atoms with Crippen LogP contribution in [0.3, 0.4) is 0 Å². The number of aryl methyl sites for hydroxylation is 1. The molecule has 0 saturated heterocycles. The van der Waals surface area contributed by atoms with Crippen molar-refractivity contribution in [3.8, 4) is 5.75 Å². The van der Waals surface area contributed by atoms with Crippen LogP contribution in [0.15, 0.2) is 53.1 Å². The van der Waals surface area contributed by atoms with E-state index in [1.807, 2.05) is 0 Å². The molecule has 0 bridgehead atoms. The van der Waals surface area contributed by atoms with Crippen LogP contribution in [-0.4, -0.2) is 22.8 Å². The topological polar surface area (TPSA) is 118 Å². The Morgan fingerprint density at radius 2 is 1.56 bits per heavy atom. The maximum Gasteiger partial charge on any atom is 1.00 e. The van der Waals surface area contributed by atoms with Gasteiger partial charge in [-0.3, -0.25) is 4.79 Å². The summed E-state index contributed by atoms with van der Waals surface area (Å²) in [5.41, 5.74) is 0.229. The Hall–Kier alpha value is -1.06. The van der Waals surface area contributed by atoms with Crippen molar-refractivity contribution < 1.29 is 88.8 Å². The molecule has 0 fully saturated rings. The first-order chi connectivity index (χ1) is 14.9. The molecule has 0 aromatic heterocycles. The summed E-state index contributed by atoms with van der Waals surface area (Å²) < 4.78 is 0. The quantitative estimate of drug-likeness (QED) is 0.267. The second-order valence-electron chi connectivity index (χ2n) is 7.03. The van der Waals surface area contributed by atoms with Gasteiger partial charge in [0.25, 0.3) is 0 Å². The number of halogens is 3. The van der Waals surface area contributed by atoms with E-state index >= 15 is 0 Å². The van der Waals surface area contributed by atoms with E-state index in [0.717, 1.165) is 12.1 Å². The van der Waals surface area contributed by atoms with E-state index in [4.69, 9.17) is 34.8 Å². The molecule has 0 aliphatic heterocycles. The summed E-state index contributed by atoms with van der Waals surface area (Å²) >= 11 is 18.7. The third-order valence-corrected chi connectivity index (χ3v) is 6.18. The summed E-state index contributed by atoms with van der Waals surface area (Å²) in [6, 6.07) is 5.53. The molecule has 0 atom stereocenters. The Labute approximate surface area is 254 Å². The van der Waals surface area contributed by atoms with E-state index in [1.54, 1.807) is 0 Å². The van der Waals surface area contributed by atoms with E-state index in [0.29, 0.717) is 0 Å². The monoisotopic (exact) mass is 536 g/mol. The Morgan fingerprint density at radius 1 is 0.941 bits per heavy atom. The van der Waals surface area contributed by atoms with Gasteiger partial charge in [0.2, 0.25) is 0 Å². The summed E-state index contributed by atoms with van der Waals surface area (Å²) in [7, 11) is 0. The van der Waals surface area contributed by atoms with Gasteiger partial charge in [0, 0.05) is 5.56 Å². The third-order valence-electron chi connectivity index (χ3n) is 4.88. The molecule has 0 unspecified atom stereocenters. The second-order valence-corrected chi connectivity index (χ2v) is 8.19. The molecule has 1 aliphatic carbocycles. The average molecular weight is 538 g/mol. The van der Waals surface area contributed by atoms with E-state index in [1.165, 1.54) is 38.1 Å². The first kappa shape index (κ1) is 31.0. The van der Waals surface area contributed by atoms with E-state index in [9.17, 15) is 29.7 Å². The zero-order valence-corrected chi connectivity index (χ0v) is 24.9. The maximum absolute atomic E-state index is 12.3. The van der Waals surface area contributed by atoms with Crippen molar-refractivity contribution >= 4 is 58.1 Å².